The van der Waals surface area contributed by atoms with E-state index in [0.29, 0.717) is 25.3 Å². The first-order valence-electron chi connectivity index (χ1n) is 16.2. The van der Waals surface area contributed by atoms with E-state index in [4.69, 9.17) is 5.73 Å². The molecule has 1 aromatic heterocycles. The number of thiazole rings is 1. The molecule has 1 fully saturated rings. The van der Waals surface area contributed by atoms with Gasteiger partial charge < -0.3 is 26.0 Å². The Labute approximate surface area is 282 Å². The molecule has 11 nitrogen and oxygen atoms in total. The molecule has 4 N–H and O–H groups in total. The van der Waals surface area contributed by atoms with Crippen LogP contribution in [0.25, 0.3) is 0 Å². The van der Waals surface area contributed by atoms with Crippen molar-refractivity contribution in [2.24, 2.45) is 11.8 Å². The molecule has 1 saturated heterocycles. The van der Waals surface area contributed by atoms with Gasteiger partial charge in [-0.05, 0) is 54.5 Å². The Morgan fingerprint density at radius 3 is 2.34 bits per heavy atom. The van der Waals surface area contributed by atoms with Crippen molar-refractivity contribution in [3.63, 3.8) is 0 Å². The fourth-order valence-electron chi connectivity index (χ4n) is 5.81. The van der Waals surface area contributed by atoms with E-state index >= 15 is 0 Å². The van der Waals surface area contributed by atoms with Crippen LogP contribution in [0, 0.1) is 11.8 Å². The average Bonchev–Trinajstić information content (AvgIpc) is 3.63. The normalized spacial score (nSPS) is 15.9. The Balaban J connectivity index is 1.56. The van der Waals surface area contributed by atoms with Gasteiger partial charge in [0.25, 0.3) is 0 Å². The van der Waals surface area contributed by atoms with Crippen LogP contribution in [0.5, 0.6) is 0 Å². The van der Waals surface area contributed by atoms with Crippen LogP contribution in [-0.2, 0) is 34.2 Å². The molecule has 3 atom stereocenters. The summed E-state index contributed by atoms with van der Waals surface area (Å²) in [6.45, 7) is 10.8. The van der Waals surface area contributed by atoms with Crippen LogP contribution >= 0.6 is 11.3 Å². The van der Waals surface area contributed by atoms with Crippen LogP contribution in [0.2, 0.25) is 0 Å². The van der Waals surface area contributed by atoms with Gasteiger partial charge in [0, 0.05) is 37.2 Å². The van der Waals surface area contributed by atoms with Crippen molar-refractivity contribution in [1.29, 1.82) is 0 Å². The molecule has 13 heteroatoms. The molecule has 1 aliphatic heterocycles. The summed E-state index contributed by atoms with van der Waals surface area (Å²) in [5.74, 6) is -0.642. The number of carbonyl (C=O) groups is 2. The van der Waals surface area contributed by atoms with Crippen LogP contribution in [0.3, 0.4) is 0 Å². The minimum atomic E-state index is -3.98. The molecule has 2 aromatic carbocycles. The summed E-state index contributed by atoms with van der Waals surface area (Å²) < 4.78 is 28.7. The Morgan fingerprint density at radius 2 is 1.74 bits per heavy atom. The lowest BCUT2D eigenvalue weighted by Crippen LogP contribution is -2.57. The highest BCUT2D eigenvalue weighted by molar-refractivity contribution is 7.89. The number of anilines is 1. The van der Waals surface area contributed by atoms with E-state index in [2.05, 4.69) is 10.3 Å². The lowest BCUT2D eigenvalue weighted by atomic mass is 9.97. The molecular formula is C34H48N6O5S2. The zero-order valence-electron chi connectivity index (χ0n) is 27.9. The Morgan fingerprint density at radius 1 is 1.06 bits per heavy atom. The van der Waals surface area contributed by atoms with Crippen LogP contribution in [0.1, 0.15) is 50.9 Å². The highest BCUT2D eigenvalue weighted by atomic mass is 32.2. The van der Waals surface area contributed by atoms with Crippen molar-refractivity contribution in [3.8, 4) is 0 Å². The number of urea groups is 1. The van der Waals surface area contributed by atoms with Gasteiger partial charge in [-0.1, -0.05) is 65.0 Å². The number of nitrogens with two attached hydrogens (primary N) is 1. The van der Waals surface area contributed by atoms with Gasteiger partial charge in [0.15, 0.2) is 0 Å². The van der Waals surface area contributed by atoms with Crippen LogP contribution in [0.15, 0.2) is 64.9 Å². The molecule has 256 valence electrons. The fraction of sp³-hybridized carbons (Fsp3) is 0.500. The number of nitrogens with one attached hydrogen (secondary N) is 1. The van der Waals surface area contributed by atoms with Gasteiger partial charge in [0.05, 0.1) is 34.3 Å². The predicted molar refractivity (Wildman–Crippen MR) is 185 cm³/mol. The van der Waals surface area contributed by atoms with E-state index in [1.807, 2.05) is 70.3 Å². The van der Waals surface area contributed by atoms with Crippen molar-refractivity contribution < 1.29 is 23.1 Å². The van der Waals surface area contributed by atoms with Gasteiger partial charge in [0.2, 0.25) is 15.9 Å². The van der Waals surface area contributed by atoms with Crippen LogP contribution in [-0.4, -0.2) is 88.9 Å². The second kappa shape index (κ2) is 16.1. The number of sulfonamides is 1. The second-order valence-electron chi connectivity index (χ2n) is 12.8. The average molecular weight is 685 g/mol. The number of aliphatic hydroxyl groups is 1. The molecule has 0 spiro atoms. The number of nitrogens with zero attached hydrogens (tertiary/aromatic N) is 4. The van der Waals surface area contributed by atoms with Crippen LogP contribution in [0.4, 0.5) is 10.5 Å². The quantitative estimate of drug-likeness (QED) is 0.193. The molecular weight excluding hydrogens is 637 g/mol. The number of hydrogen-bond acceptors (Lipinski definition) is 8. The molecule has 0 bridgehead atoms. The van der Waals surface area contributed by atoms with E-state index in [1.54, 1.807) is 21.1 Å². The van der Waals surface area contributed by atoms with E-state index in [1.165, 1.54) is 28.6 Å². The second-order valence-corrected chi connectivity index (χ2v) is 15.7. The number of aryl methyl sites for hydroxylation is 1. The van der Waals surface area contributed by atoms with E-state index in [-0.39, 0.29) is 42.3 Å². The smallest absolute Gasteiger partial charge is 0.321 e. The molecule has 4 rings (SSSR count). The third kappa shape index (κ3) is 9.31. The topological polar surface area (TPSA) is 149 Å². The molecule has 47 heavy (non-hydrogen) atoms. The number of carbonyl (C=O) groups excluding carboxylic acids is 2. The van der Waals surface area contributed by atoms with Crippen molar-refractivity contribution in [2.75, 3.05) is 31.9 Å². The lowest BCUT2D eigenvalue weighted by Gasteiger charge is -2.34. The molecule has 3 amide bonds. The molecule has 0 saturated carbocycles. The predicted octanol–water partition coefficient (Wildman–Crippen LogP) is 3.99. The lowest BCUT2D eigenvalue weighted by molar-refractivity contribution is -0.128. The number of aliphatic hydroxyl groups excluding tert-OH is 1. The van der Waals surface area contributed by atoms with Gasteiger partial charge in [-0.15, -0.1) is 11.3 Å². The fourth-order valence-corrected chi connectivity index (χ4v) is 8.17. The molecule has 2 heterocycles. The standard InChI is InChI=1S/C34H48N6O5S2/c1-6-31-36-27(22-46-31)20-38-16-17-40(34(38)43)32(24(4)5)33(42)37-29(18-25-10-8-7-9-11-25)30(41)21-39(19-23(2)3)47(44,45)28-14-12-26(35)13-15-28/h7-15,22-24,29-30,32,41H,6,16-21,35H2,1-5H3,(H,37,42)/t29-,30+,32-/m0/s1. The first kappa shape index (κ1) is 36.3. The number of nitrogen functional groups attached to an aromatic ring is 1. The molecule has 0 radical (unpaired) electrons. The third-order valence-corrected chi connectivity index (χ3v) is 11.1. The number of rotatable bonds is 16. The van der Waals surface area contributed by atoms with Crippen molar-refractivity contribution in [1.82, 2.24) is 24.4 Å². The van der Waals surface area contributed by atoms with E-state index < -0.39 is 34.1 Å². The zero-order chi connectivity index (χ0) is 34.3. The summed E-state index contributed by atoms with van der Waals surface area (Å²) in [4.78, 5) is 35.6. The number of hydrogen-bond donors (Lipinski definition) is 3. The van der Waals surface area contributed by atoms with Crippen molar-refractivity contribution in [3.05, 3.63) is 76.2 Å². The van der Waals surface area contributed by atoms with Gasteiger partial charge in [-0.3, -0.25) is 4.79 Å². The summed E-state index contributed by atoms with van der Waals surface area (Å²) in [7, 11) is -3.98. The number of aromatic nitrogens is 1. The van der Waals surface area contributed by atoms with E-state index in [0.717, 1.165) is 22.7 Å². The monoisotopic (exact) mass is 684 g/mol. The van der Waals surface area contributed by atoms with E-state index in [9.17, 15) is 23.1 Å². The molecule has 1 aliphatic rings. The maximum atomic E-state index is 14.1. The van der Waals surface area contributed by atoms with Crippen LogP contribution < -0.4 is 11.1 Å². The maximum Gasteiger partial charge on any atom is 0.321 e. The van der Waals surface area contributed by atoms with Gasteiger partial charge in [0.1, 0.15) is 6.04 Å². The third-order valence-electron chi connectivity index (χ3n) is 8.19. The van der Waals surface area contributed by atoms with Gasteiger partial charge in [-0.2, -0.15) is 4.31 Å². The highest BCUT2D eigenvalue weighted by Gasteiger charge is 2.40. The first-order chi connectivity index (χ1) is 22.3. The highest BCUT2D eigenvalue weighted by Crippen LogP contribution is 2.23. The summed E-state index contributed by atoms with van der Waals surface area (Å²) in [5, 5.41) is 17.7. The van der Waals surface area contributed by atoms with Gasteiger partial charge >= 0.3 is 6.03 Å². The maximum absolute atomic E-state index is 14.1. The minimum absolute atomic E-state index is 0.0276. The number of amides is 3. The summed E-state index contributed by atoms with van der Waals surface area (Å²) in [6, 6.07) is 13.5. The van der Waals surface area contributed by atoms with Crippen molar-refractivity contribution >= 4 is 39.0 Å². The summed E-state index contributed by atoms with van der Waals surface area (Å²) in [5.41, 5.74) is 7.94. The Hall–Kier alpha value is -3.52. The first-order valence-corrected chi connectivity index (χ1v) is 18.5. The Kier molecular flexibility index (Phi) is 12.4. The molecule has 0 unspecified atom stereocenters. The Bertz CT molecular complexity index is 1580. The molecule has 3 aromatic rings. The summed E-state index contributed by atoms with van der Waals surface area (Å²) in [6.07, 6.45) is -0.157. The number of benzene rings is 2. The SMILES string of the molecule is CCc1nc(CN2CCN([C@H](C(=O)N[C@@H](Cc3ccccc3)[C@H](O)CN(CC(C)C)S(=O)(=O)c3ccc(N)cc3)C(C)C)C2=O)cs1. The summed E-state index contributed by atoms with van der Waals surface area (Å²) >= 11 is 1.57. The minimum Gasteiger partial charge on any atom is -0.399 e. The van der Waals surface area contributed by atoms with Crippen molar-refractivity contribution in [2.45, 2.75) is 77.1 Å². The zero-order valence-corrected chi connectivity index (χ0v) is 29.5. The largest absolute Gasteiger partial charge is 0.399 e. The van der Waals surface area contributed by atoms with Gasteiger partial charge in [-0.25, -0.2) is 18.2 Å². The molecule has 0 aliphatic carbocycles.